The van der Waals surface area contributed by atoms with Gasteiger partial charge in [0.1, 0.15) is 17.5 Å². The number of aliphatic hydroxyl groups is 1. The third-order valence-corrected chi connectivity index (χ3v) is 9.75. The lowest BCUT2D eigenvalue weighted by atomic mass is 9.52. The highest BCUT2D eigenvalue weighted by Gasteiger charge is 2.54. The summed E-state index contributed by atoms with van der Waals surface area (Å²) >= 11 is 0. The molecule has 5 aliphatic rings. The number of H-pyrrole nitrogens is 1. The summed E-state index contributed by atoms with van der Waals surface area (Å²) in [5, 5.41) is 28.9. The van der Waals surface area contributed by atoms with Crippen LogP contribution in [0.25, 0.3) is 22.5 Å². The van der Waals surface area contributed by atoms with Gasteiger partial charge in [0.15, 0.2) is 0 Å². The van der Waals surface area contributed by atoms with Crippen molar-refractivity contribution in [3.05, 3.63) is 48.2 Å². The molecule has 2 atom stereocenters. The van der Waals surface area contributed by atoms with E-state index in [4.69, 9.17) is 9.78 Å². The van der Waals surface area contributed by atoms with E-state index in [0.29, 0.717) is 55.1 Å². The summed E-state index contributed by atoms with van der Waals surface area (Å²) in [4.78, 5) is 33.8. The molecule has 3 N–H and O–H groups in total. The van der Waals surface area contributed by atoms with Gasteiger partial charge < -0.3 is 29.7 Å². The Kier molecular flexibility index (Phi) is 5.72. The third kappa shape index (κ3) is 4.18. The van der Waals surface area contributed by atoms with Crippen molar-refractivity contribution in [2.75, 3.05) is 36.4 Å². The van der Waals surface area contributed by atoms with E-state index in [1.807, 2.05) is 18.3 Å². The van der Waals surface area contributed by atoms with Crippen LogP contribution in [0, 0.1) is 29.1 Å². The number of fused-ring (bicyclic) bond motifs is 1. The van der Waals surface area contributed by atoms with Crippen LogP contribution in [0.3, 0.4) is 0 Å². The molecule has 0 radical (unpaired) electrons. The van der Waals surface area contributed by atoms with Crippen LogP contribution >= 0.6 is 0 Å². The van der Waals surface area contributed by atoms with Crippen molar-refractivity contribution in [1.29, 1.82) is 5.26 Å². The standard InChI is InChI=1S/C30H31N9O3/c31-14-17-1-2-23(33-15-17)38-5-7-39(8-6-38)29(40)27-36-28(42-37-27)22-16-34-26-21(3-4-32-26)25(22)35-24-19-9-18-10-20(24)13-30(41,11-18)12-19/h1-4,15-16,18-20,24,41H,5-13H2,(H2,32,34,35)/t18?,19?,20?,24-,30+. The minimum absolute atomic E-state index is 0.0203. The van der Waals surface area contributed by atoms with Gasteiger partial charge in [-0.3, -0.25) is 4.79 Å². The van der Waals surface area contributed by atoms with Crippen LogP contribution in [0.15, 0.2) is 41.3 Å². The third-order valence-electron chi connectivity index (χ3n) is 9.75. The lowest BCUT2D eigenvalue weighted by molar-refractivity contribution is -0.129. The van der Waals surface area contributed by atoms with Gasteiger partial charge in [-0.2, -0.15) is 10.2 Å². The highest BCUT2D eigenvalue weighted by molar-refractivity contribution is 5.97. The maximum Gasteiger partial charge on any atom is 0.295 e. The number of nitrogens with zero attached hydrogens (tertiary/aromatic N) is 7. The number of aromatic nitrogens is 5. The Morgan fingerprint density at radius 2 is 1.90 bits per heavy atom. The van der Waals surface area contributed by atoms with Crippen LogP contribution in [0.4, 0.5) is 11.5 Å². The molecule has 42 heavy (non-hydrogen) atoms. The van der Waals surface area contributed by atoms with Crippen LogP contribution < -0.4 is 10.2 Å². The number of pyridine rings is 2. The first-order valence-electron chi connectivity index (χ1n) is 14.7. The second-order valence-electron chi connectivity index (χ2n) is 12.4. The minimum atomic E-state index is -0.509. The van der Waals surface area contributed by atoms with Crippen molar-refractivity contribution in [3.63, 3.8) is 0 Å². The second kappa shape index (κ2) is 9.52. The van der Waals surface area contributed by atoms with E-state index in [2.05, 4.69) is 41.4 Å². The lowest BCUT2D eigenvalue weighted by Gasteiger charge is -2.58. The molecule has 4 aromatic heterocycles. The normalized spacial score (nSPS) is 28.3. The van der Waals surface area contributed by atoms with Gasteiger partial charge in [-0.1, -0.05) is 5.16 Å². The minimum Gasteiger partial charge on any atom is -0.390 e. The Balaban J connectivity index is 1.02. The van der Waals surface area contributed by atoms with E-state index < -0.39 is 5.60 Å². The van der Waals surface area contributed by atoms with Gasteiger partial charge in [0, 0.05) is 56.2 Å². The molecular formula is C30H31N9O3. The number of nitrogens with one attached hydrogen (secondary N) is 2. The van der Waals surface area contributed by atoms with Crippen molar-refractivity contribution in [1.82, 2.24) is 30.0 Å². The van der Waals surface area contributed by atoms with Gasteiger partial charge in [0.05, 0.1) is 22.4 Å². The monoisotopic (exact) mass is 565 g/mol. The van der Waals surface area contributed by atoms with Gasteiger partial charge in [-0.15, -0.1) is 0 Å². The molecule has 12 nitrogen and oxygen atoms in total. The van der Waals surface area contributed by atoms with E-state index in [1.54, 1.807) is 23.4 Å². The number of nitriles is 1. The van der Waals surface area contributed by atoms with Gasteiger partial charge in [0.2, 0.25) is 0 Å². The van der Waals surface area contributed by atoms with E-state index >= 15 is 0 Å². The fourth-order valence-electron chi connectivity index (χ4n) is 8.05. The Morgan fingerprint density at radius 1 is 1.10 bits per heavy atom. The topological polar surface area (TPSA) is 160 Å². The summed E-state index contributed by atoms with van der Waals surface area (Å²) < 4.78 is 5.68. The predicted molar refractivity (Wildman–Crippen MR) is 152 cm³/mol. The van der Waals surface area contributed by atoms with Crippen molar-refractivity contribution in [2.45, 2.75) is 43.7 Å². The zero-order chi connectivity index (χ0) is 28.4. The summed E-state index contributed by atoms with van der Waals surface area (Å²) in [7, 11) is 0. The van der Waals surface area contributed by atoms with Gasteiger partial charge in [-0.25, -0.2) is 9.97 Å². The molecule has 4 aliphatic carbocycles. The molecule has 1 saturated heterocycles. The molecule has 2 unspecified atom stereocenters. The largest absolute Gasteiger partial charge is 0.390 e. The predicted octanol–water partition coefficient (Wildman–Crippen LogP) is 3.19. The van der Waals surface area contributed by atoms with E-state index in [9.17, 15) is 9.90 Å². The van der Waals surface area contributed by atoms with Crippen LogP contribution in [-0.4, -0.2) is 78.8 Å². The highest BCUT2D eigenvalue weighted by Crippen LogP contribution is 2.56. The molecule has 4 saturated carbocycles. The average Bonchev–Trinajstić information content (AvgIpc) is 3.68. The molecule has 0 spiro atoms. The zero-order valence-corrected chi connectivity index (χ0v) is 23.0. The van der Waals surface area contributed by atoms with E-state index in [0.717, 1.165) is 54.6 Å². The number of hydrogen-bond donors (Lipinski definition) is 3. The highest BCUT2D eigenvalue weighted by atomic mass is 16.5. The molecule has 9 rings (SSSR count). The lowest BCUT2D eigenvalue weighted by Crippen LogP contribution is -2.59. The second-order valence-corrected chi connectivity index (χ2v) is 12.4. The molecule has 4 aromatic rings. The van der Waals surface area contributed by atoms with Crippen LogP contribution in [-0.2, 0) is 0 Å². The van der Waals surface area contributed by atoms with Crippen molar-refractivity contribution in [2.24, 2.45) is 17.8 Å². The maximum atomic E-state index is 13.4. The first kappa shape index (κ1) is 25.2. The summed E-state index contributed by atoms with van der Waals surface area (Å²) in [5.41, 5.74) is 2.30. The zero-order valence-electron chi connectivity index (χ0n) is 23.0. The first-order valence-corrected chi connectivity index (χ1v) is 14.7. The smallest absolute Gasteiger partial charge is 0.295 e. The Bertz CT molecular complexity index is 1680. The summed E-state index contributed by atoms with van der Waals surface area (Å²) in [6, 6.07) is 7.88. The van der Waals surface area contributed by atoms with Gasteiger partial charge in [-0.05, 0) is 68.1 Å². The Hall–Kier alpha value is -4.50. The Morgan fingerprint density at radius 3 is 2.62 bits per heavy atom. The first-order chi connectivity index (χ1) is 20.5. The summed E-state index contributed by atoms with van der Waals surface area (Å²) in [6.45, 7) is 2.20. The van der Waals surface area contributed by atoms with E-state index in [-0.39, 0.29) is 23.7 Å². The van der Waals surface area contributed by atoms with Crippen LogP contribution in [0.5, 0.6) is 0 Å². The molecular weight excluding hydrogens is 534 g/mol. The van der Waals surface area contributed by atoms with Gasteiger partial charge in [0.25, 0.3) is 17.6 Å². The average molecular weight is 566 g/mol. The van der Waals surface area contributed by atoms with Gasteiger partial charge >= 0.3 is 0 Å². The number of piperazine rings is 1. The quantitative estimate of drug-likeness (QED) is 0.328. The molecule has 12 heteroatoms. The van der Waals surface area contributed by atoms with Crippen molar-refractivity contribution >= 4 is 28.4 Å². The summed E-state index contributed by atoms with van der Waals surface area (Å²) in [6.07, 6.45) is 10.0. The number of amides is 1. The SMILES string of the molecule is N#Cc1ccc(N2CCN(C(=O)c3noc(-c4cnc5[nH]ccc5c4N[C@H]4C5CC6CC4C[C@@](O)(C6)C5)n3)CC2)nc1. The van der Waals surface area contributed by atoms with E-state index in [1.165, 1.54) is 0 Å². The van der Waals surface area contributed by atoms with Crippen LogP contribution in [0.2, 0.25) is 0 Å². The number of carbonyl (C=O) groups is 1. The molecule has 5 heterocycles. The molecule has 1 aliphatic heterocycles. The Labute approximate surface area is 241 Å². The van der Waals surface area contributed by atoms with Crippen molar-refractivity contribution in [3.8, 4) is 17.5 Å². The molecule has 214 valence electrons. The number of aromatic amines is 1. The number of anilines is 2. The number of hydrogen-bond acceptors (Lipinski definition) is 10. The summed E-state index contributed by atoms with van der Waals surface area (Å²) in [5.74, 6) is 2.21. The maximum absolute atomic E-state index is 13.4. The fourth-order valence-corrected chi connectivity index (χ4v) is 8.05. The number of carbonyl (C=O) groups excluding carboxylic acids is 1. The van der Waals surface area contributed by atoms with Crippen molar-refractivity contribution < 1.29 is 14.4 Å². The molecule has 1 amide bonds. The molecule has 0 aromatic carbocycles. The fraction of sp³-hybridized carbons (Fsp3) is 0.467. The van der Waals surface area contributed by atoms with Crippen LogP contribution in [0.1, 0.15) is 48.3 Å². The molecule has 4 bridgehead atoms. The number of rotatable bonds is 5. The molecule has 5 fully saturated rings.